The number of hydrogen-bond acceptors (Lipinski definition) is 2. The molecule has 108 valence electrons. The molecule has 0 spiro atoms. The Morgan fingerprint density at radius 2 is 2.00 bits per heavy atom. The monoisotopic (exact) mass is 283 g/mol. The third-order valence-corrected chi connectivity index (χ3v) is 3.42. The number of rotatable bonds is 6. The van der Waals surface area contributed by atoms with Gasteiger partial charge in [-0.2, -0.15) is 5.26 Å². The lowest BCUT2D eigenvalue weighted by atomic mass is 9.97. The third kappa shape index (κ3) is 4.06. The minimum atomic E-state index is -0.486. The van der Waals surface area contributed by atoms with Crippen molar-refractivity contribution in [3.63, 3.8) is 0 Å². The topological polar surface area (TPSA) is 33.0 Å². The van der Waals surface area contributed by atoms with Gasteiger partial charge in [0.15, 0.2) is 0 Å². The summed E-state index contributed by atoms with van der Waals surface area (Å²) in [7, 11) is 0. The zero-order chi connectivity index (χ0) is 15.1. The number of aryl methyl sites for hydroxylation is 1. The van der Waals surface area contributed by atoms with E-state index < -0.39 is 5.92 Å². The van der Waals surface area contributed by atoms with E-state index in [1.807, 2.05) is 24.3 Å². The van der Waals surface area contributed by atoms with Crippen molar-refractivity contribution in [1.29, 1.82) is 5.26 Å². The fourth-order valence-corrected chi connectivity index (χ4v) is 2.20. The molecule has 2 rings (SSSR count). The van der Waals surface area contributed by atoms with Crippen LogP contribution in [0.1, 0.15) is 30.4 Å². The van der Waals surface area contributed by atoms with E-state index in [1.165, 1.54) is 11.6 Å². The molecule has 3 heteroatoms. The molecule has 21 heavy (non-hydrogen) atoms. The van der Waals surface area contributed by atoms with Crippen LogP contribution in [0.2, 0.25) is 0 Å². The van der Waals surface area contributed by atoms with Gasteiger partial charge in [-0.3, -0.25) is 0 Å². The first-order valence-corrected chi connectivity index (χ1v) is 7.10. The summed E-state index contributed by atoms with van der Waals surface area (Å²) in [6.07, 6.45) is 1.42. The van der Waals surface area contributed by atoms with Gasteiger partial charge in [0, 0.05) is 12.0 Å². The van der Waals surface area contributed by atoms with Crippen LogP contribution in [0.4, 0.5) is 4.39 Å². The Bertz CT molecular complexity index is 633. The molecule has 0 amide bonds. The Labute approximate surface area is 124 Å². The average Bonchev–Trinajstić information content (AvgIpc) is 2.53. The van der Waals surface area contributed by atoms with Gasteiger partial charge in [-0.05, 0) is 30.2 Å². The van der Waals surface area contributed by atoms with Gasteiger partial charge < -0.3 is 4.74 Å². The van der Waals surface area contributed by atoms with Crippen molar-refractivity contribution in [2.75, 3.05) is 6.61 Å². The largest absolute Gasteiger partial charge is 0.494 e. The Balaban J connectivity index is 1.95. The molecule has 0 N–H and O–H groups in total. The van der Waals surface area contributed by atoms with Gasteiger partial charge in [-0.15, -0.1) is 0 Å². The lowest BCUT2D eigenvalue weighted by molar-refractivity contribution is 0.305. The Morgan fingerprint density at radius 1 is 1.19 bits per heavy atom. The van der Waals surface area contributed by atoms with Crippen LogP contribution in [0.25, 0.3) is 0 Å². The summed E-state index contributed by atoms with van der Waals surface area (Å²) in [6.45, 7) is 2.47. The van der Waals surface area contributed by atoms with Crippen molar-refractivity contribution in [2.45, 2.75) is 25.7 Å². The van der Waals surface area contributed by atoms with Crippen LogP contribution in [-0.4, -0.2) is 6.61 Å². The van der Waals surface area contributed by atoms with Crippen molar-refractivity contribution in [1.82, 2.24) is 0 Å². The van der Waals surface area contributed by atoms with Crippen molar-refractivity contribution in [3.8, 4) is 11.8 Å². The normalized spacial score (nSPS) is 11.7. The molecule has 0 aliphatic rings. The van der Waals surface area contributed by atoms with Gasteiger partial charge in [-0.1, -0.05) is 37.3 Å². The minimum Gasteiger partial charge on any atom is -0.494 e. The maximum atomic E-state index is 13.7. The quantitative estimate of drug-likeness (QED) is 0.784. The highest BCUT2D eigenvalue weighted by atomic mass is 19.1. The van der Waals surface area contributed by atoms with Crippen molar-refractivity contribution >= 4 is 0 Å². The number of ether oxygens (including phenoxy) is 1. The molecular weight excluding hydrogens is 265 g/mol. The van der Waals surface area contributed by atoms with Gasteiger partial charge in [0.1, 0.15) is 11.6 Å². The second-order valence-electron chi connectivity index (χ2n) is 4.84. The summed E-state index contributed by atoms with van der Waals surface area (Å²) in [5.41, 5.74) is 1.64. The highest BCUT2D eigenvalue weighted by Crippen LogP contribution is 2.22. The SMILES string of the molecule is CCc1cccc(OCCC(C#N)c2ccccc2F)c1. The van der Waals surface area contributed by atoms with Crippen LogP contribution >= 0.6 is 0 Å². The summed E-state index contributed by atoms with van der Waals surface area (Å²) in [6, 6.07) is 16.4. The lowest BCUT2D eigenvalue weighted by Gasteiger charge is -2.12. The number of halogens is 1. The molecule has 2 nitrogen and oxygen atoms in total. The molecule has 0 aromatic heterocycles. The smallest absolute Gasteiger partial charge is 0.127 e. The molecule has 2 aromatic rings. The van der Waals surface area contributed by atoms with Crippen LogP contribution in [0.3, 0.4) is 0 Å². The minimum absolute atomic E-state index is 0.336. The molecule has 1 unspecified atom stereocenters. The van der Waals surface area contributed by atoms with Crippen LogP contribution in [0.15, 0.2) is 48.5 Å². The fraction of sp³-hybridized carbons (Fsp3) is 0.278. The summed E-state index contributed by atoms with van der Waals surface area (Å²) < 4.78 is 19.4. The highest BCUT2D eigenvalue weighted by molar-refractivity contribution is 5.29. The zero-order valence-electron chi connectivity index (χ0n) is 12.1. The number of benzene rings is 2. The van der Waals surface area contributed by atoms with Gasteiger partial charge >= 0.3 is 0 Å². The number of nitriles is 1. The molecule has 0 aliphatic carbocycles. The number of nitrogens with zero attached hydrogens (tertiary/aromatic N) is 1. The fourth-order valence-electron chi connectivity index (χ4n) is 2.20. The lowest BCUT2D eigenvalue weighted by Crippen LogP contribution is -2.06. The molecule has 0 heterocycles. The summed E-state index contributed by atoms with van der Waals surface area (Å²) in [4.78, 5) is 0. The summed E-state index contributed by atoms with van der Waals surface area (Å²) in [5, 5.41) is 9.21. The predicted molar refractivity (Wildman–Crippen MR) is 80.7 cm³/mol. The van der Waals surface area contributed by atoms with Crippen LogP contribution < -0.4 is 4.74 Å². The molecule has 0 aliphatic heterocycles. The standard InChI is InChI=1S/C18H18FNO/c1-2-14-6-5-7-16(12-14)21-11-10-15(13-20)17-8-3-4-9-18(17)19/h3-9,12,15H,2,10-11H2,1H3. The first-order chi connectivity index (χ1) is 10.2. The van der Waals surface area contributed by atoms with Crippen molar-refractivity contribution in [3.05, 3.63) is 65.5 Å². The van der Waals surface area contributed by atoms with E-state index in [0.29, 0.717) is 18.6 Å². The number of hydrogen-bond donors (Lipinski definition) is 0. The van der Waals surface area contributed by atoms with Crippen LogP contribution in [0, 0.1) is 17.1 Å². The van der Waals surface area contributed by atoms with E-state index in [9.17, 15) is 9.65 Å². The van der Waals surface area contributed by atoms with Gasteiger partial charge in [0.05, 0.1) is 18.6 Å². The van der Waals surface area contributed by atoms with E-state index in [0.717, 1.165) is 12.2 Å². The second-order valence-corrected chi connectivity index (χ2v) is 4.84. The molecule has 2 aromatic carbocycles. The van der Waals surface area contributed by atoms with E-state index >= 15 is 0 Å². The van der Waals surface area contributed by atoms with Crippen molar-refractivity contribution in [2.24, 2.45) is 0 Å². The summed E-state index contributed by atoms with van der Waals surface area (Å²) >= 11 is 0. The molecule has 0 fully saturated rings. The van der Waals surface area contributed by atoms with Gasteiger partial charge in [0.2, 0.25) is 0 Å². The van der Waals surface area contributed by atoms with E-state index in [1.54, 1.807) is 18.2 Å². The molecule has 0 radical (unpaired) electrons. The van der Waals surface area contributed by atoms with Gasteiger partial charge in [0.25, 0.3) is 0 Å². The molecule has 0 saturated carbocycles. The molecule has 1 atom stereocenters. The van der Waals surface area contributed by atoms with E-state index in [4.69, 9.17) is 4.74 Å². The highest BCUT2D eigenvalue weighted by Gasteiger charge is 2.14. The van der Waals surface area contributed by atoms with Crippen LogP contribution in [-0.2, 0) is 6.42 Å². The average molecular weight is 283 g/mol. The van der Waals surface area contributed by atoms with E-state index in [-0.39, 0.29) is 5.82 Å². The maximum absolute atomic E-state index is 13.7. The van der Waals surface area contributed by atoms with E-state index in [2.05, 4.69) is 13.0 Å². The zero-order valence-corrected chi connectivity index (χ0v) is 12.1. The Morgan fingerprint density at radius 3 is 2.71 bits per heavy atom. The second kappa shape index (κ2) is 7.44. The molecular formula is C18H18FNO. The predicted octanol–water partition coefficient (Wildman–Crippen LogP) is 4.46. The summed E-state index contributed by atoms with van der Waals surface area (Å²) in [5.74, 6) is -0.0304. The Kier molecular flexibility index (Phi) is 5.34. The van der Waals surface area contributed by atoms with Crippen LogP contribution in [0.5, 0.6) is 5.75 Å². The first-order valence-electron chi connectivity index (χ1n) is 7.10. The Hall–Kier alpha value is -2.34. The third-order valence-electron chi connectivity index (χ3n) is 3.42. The maximum Gasteiger partial charge on any atom is 0.127 e. The van der Waals surface area contributed by atoms with Gasteiger partial charge in [-0.25, -0.2) is 4.39 Å². The first kappa shape index (κ1) is 15.1. The van der Waals surface area contributed by atoms with Crippen molar-refractivity contribution < 1.29 is 9.13 Å². The molecule has 0 bridgehead atoms. The molecule has 0 saturated heterocycles.